The van der Waals surface area contributed by atoms with Crippen LogP contribution in [0.4, 0.5) is 0 Å². The maximum absolute atomic E-state index is 5.60. The molecule has 20 heavy (non-hydrogen) atoms. The number of hydrogen-bond donors (Lipinski definition) is 1. The molecule has 2 nitrogen and oxygen atoms in total. The normalized spacial score (nSPS) is 11.7. The van der Waals surface area contributed by atoms with Crippen LogP contribution in [0.25, 0.3) is 0 Å². The van der Waals surface area contributed by atoms with E-state index < -0.39 is 0 Å². The van der Waals surface area contributed by atoms with Crippen molar-refractivity contribution in [2.75, 3.05) is 19.6 Å². The molecule has 0 saturated carbocycles. The fourth-order valence-corrected chi connectivity index (χ4v) is 2.72. The number of rotatable bonds is 15. The molecule has 122 valence electrons. The van der Waals surface area contributed by atoms with E-state index in [9.17, 15) is 0 Å². The van der Waals surface area contributed by atoms with Gasteiger partial charge in [0.2, 0.25) is 0 Å². The number of unbranched alkanes of at least 4 members (excludes halogenated alkanes) is 9. The minimum Gasteiger partial charge on any atom is -0.330 e. The van der Waals surface area contributed by atoms with Gasteiger partial charge < -0.3 is 10.6 Å². The molecule has 0 amide bonds. The van der Waals surface area contributed by atoms with E-state index in [-0.39, 0.29) is 0 Å². The fraction of sp³-hybridized carbons (Fsp3) is 1.00. The molecule has 0 aliphatic carbocycles. The zero-order valence-electron chi connectivity index (χ0n) is 14.5. The van der Waals surface area contributed by atoms with Gasteiger partial charge in [-0.15, -0.1) is 0 Å². The Morgan fingerprint density at radius 1 is 0.700 bits per heavy atom. The first-order valence-corrected chi connectivity index (χ1v) is 9.16. The van der Waals surface area contributed by atoms with Gasteiger partial charge in [0, 0.05) is 6.04 Å². The topological polar surface area (TPSA) is 29.3 Å². The molecule has 0 aromatic rings. The molecule has 2 N–H and O–H groups in total. The molecule has 0 atom stereocenters. The summed E-state index contributed by atoms with van der Waals surface area (Å²) in [6.45, 7) is 10.1. The van der Waals surface area contributed by atoms with Gasteiger partial charge in [0.1, 0.15) is 0 Å². The Morgan fingerprint density at radius 3 is 1.60 bits per heavy atom. The van der Waals surface area contributed by atoms with Crippen LogP contribution in [0.1, 0.15) is 91.4 Å². The minimum atomic E-state index is 0.667. The maximum Gasteiger partial charge on any atom is 0.00385 e. The molecule has 0 aromatic heterocycles. The molecular weight excluding hydrogens is 244 g/mol. The lowest BCUT2D eigenvalue weighted by molar-refractivity contribution is 0.215. The van der Waals surface area contributed by atoms with Crippen LogP contribution in [0.2, 0.25) is 0 Å². The van der Waals surface area contributed by atoms with Crippen molar-refractivity contribution in [3.05, 3.63) is 0 Å². The van der Waals surface area contributed by atoms with Gasteiger partial charge in [-0.1, -0.05) is 64.7 Å². The summed E-state index contributed by atoms with van der Waals surface area (Å²) in [5.41, 5.74) is 5.60. The lowest BCUT2D eigenvalue weighted by Gasteiger charge is -2.26. The molecule has 0 unspecified atom stereocenters. The highest BCUT2D eigenvalue weighted by atomic mass is 15.1. The molecule has 0 bridgehead atoms. The Hall–Kier alpha value is -0.0800. The smallest absolute Gasteiger partial charge is 0.00385 e. The van der Waals surface area contributed by atoms with Crippen molar-refractivity contribution >= 4 is 0 Å². The van der Waals surface area contributed by atoms with E-state index in [0.29, 0.717) is 6.04 Å². The van der Waals surface area contributed by atoms with Crippen molar-refractivity contribution in [1.29, 1.82) is 0 Å². The summed E-state index contributed by atoms with van der Waals surface area (Å²) in [5.74, 6) is 0. The highest BCUT2D eigenvalue weighted by molar-refractivity contribution is 4.63. The second-order valence-corrected chi connectivity index (χ2v) is 6.45. The van der Waals surface area contributed by atoms with E-state index in [1.807, 2.05) is 0 Å². The van der Waals surface area contributed by atoms with Crippen molar-refractivity contribution in [2.45, 2.75) is 97.4 Å². The standard InChI is InChI=1S/C18H40N2/c1-4-5-6-7-8-9-10-11-12-13-16-20(18(2)3)17-14-15-19/h18H,4-17,19H2,1-3H3. The molecule has 0 fully saturated rings. The summed E-state index contributed by atoms with van der Waals surface area (Å²) < 4.78 is 0. The van der Waals surface area contributed by atoms with Crippen molar-refractivity contribution in [3.63, 3.8) is 0 Å². The Labute approximate surface area is 128 Å². The summed E-state index contributed by atoms with van der Waals surface area (Å²) in [4.78, 5) is 2.58. The van der Waals surface area contributed by atoms with E-state index >= 15 is 0 Å². The van der Waals surface area contributed by atoms with Crippen LogP contribution in [0.5, 0.6) is 0 Å². The summed E-state index contributed by atoms with van der Waals surface area (Å²) in [6, 6.07) is 0.667. The van der Waals surface area contributed by atoms with Gasteiger partial charge in [-0.25, -0.2) is 0 Å². The van der Waals surface area contributed by atoms with Crippen molar-refractivity contribution in [3.8, 4) is 0 Å². The maximum atomic E-state index is 5.60. The molecular formula is C18H40N2. The SMILES string of the molecule is CCCCCCCCCCCCN(CCCN)C(C)C. The lowest BCUT2D eigenvalue weighted by atomic mass is 10.1. The molecule has 0 saturated heterocycles. The summed E-state index contributed by atoms with van der Waals surface area (Å²) in [6.07, 6.45) is 15.3. The fourth-order valence-electron chi connectivity index (χ4n) is 2.72. The van der Waals surface area contributed by atoms with Gasteiger partial charge in [-0.3, -0.25) is 0 Å². The van der Waals surface area contributed by atoms with Crippen molar-refractivity contribution in [2.24, 2.45) is 5.73 Å². The van der Waals surface area contributed by atoms with Crippen LogP contribution >= 0.6 is 0 Å². The van der Waals surface area contributed by atoms with E-state index in [1.165, 1.54) is 77.3 Å². The Balaban J connectivity index is 3.32. The van der Waals surface area contributed by atoms with Crippen LogP contribution in [0.15, 0.2) is 0 Å². The third-order valence-electron chi connectivity index (χ3n) is 4.18. The molecule has 0 radical (unpaired) electrons. The van der Waals surface area contributed by atoms with Crippen LogP contribution in [-0.4, -0.2) is 30.6 Å². The average molecular weight is 285 g/mol. The molecule has 0 rings (SSSR count). The predicted octanol–water partition coefficient (Wildman–Crippen LogP) is 4.97. The third-order valence-corrected chi connectivity index (χ3v) is 4.18. The van der Waals surface area contributed by atoms with Crippen LogP contribution < -0.4 is 5.73 Å². The molecule has 0 spiro atoms. The lowest BCUT2D eigenvalue weighted by Crippen LogP contribution is -2.33. The minimum absolute atomic E-state index is 0.667. The zero-order valence-corrected chi connectivity index (χ0v) is 14.5. The second kappa shape index (κ2) is 15.3. The van der Waals surface area contributed by atoms with E-state index in [0.717, 1.165) is 13.0 Å². The molecule has 2 heteroatoms. The second-order valence-electron chi connectivity index (χ2n) is 6.45. The Morgan fingerprint density at radius 2 is 1.15 bits per heavy atom. The van der Waals surface area contributed by atoms with Gasteiger partial charge in [-0.05, 0) is 46.3 Å². The van der Waals surface area contributed by atoms with E-state index in [1.54, 1.807) is 0 Å². The van der Waals surface area contributed by atoms with E-state index in [2.05, 4.69) is 25.7 Å². The quantitative estimate of drug-likeness (QED) is 0.430. The summed E-state index contributed by atoms with van der Waals surface area (Å²) >= 11 is 0. The summed E-state index contributed by atoms with van der Waals surface area (Å²) in [7, 11) is 0. The van der Waals surface area contributed by atoms with Crippen LogP contribution in [-0.2, 0) is 0 Å². The molecule has 0 heterocycles. The number of hydrogen-bond acceptors (Lipinski definition) is 2. The number of nitrogens with two attached hydrogens (primary N) is 1. The van der Waals surface area contributed by atoms with Gasteiger partial charge in [0.15, 0.2) is 0 Å². The van der Waals surface area contributed by atoms with Gasteiger partial charge >= 0.3 is 0 Å². The highest BCUT2D eigenvalue weighted by Crippen LogP contribution is 2.11. The first-order valence-electron chi connectivity index (χ1n) is 9.16. The first kappa shape index (κ1) is 19.9. The predicted molar refractivity (Wildman–Crippen MR) is 92.2 cm³/mol. The Kier molecular flexibility index (Phi) is 15.3. The molecule has 0 aliphatic heterocycles. The Bertz CT molecular complexity index is 180. The van der Waals surface area contributed by atoms with Crippen molar-refractivity contribution < 1.29 is 0 Å². The van der Waals surface area contributed by atoms with Crippen LogP contribution in [0, 0.1) is 0 Å². The van der Waals surface area contributed by atoms with E-state index in [4.69, 9.17) is 5.73 Å². The third kappa shape index (κ3) is 12.9. The number of nitrogens with zero attached hydrogens (tertiary/aromatic N) is 1. The van der Waals surface area contributed by atoms with Crippen LogP contribution in [0.3, 0.4) is 0 Å². The first-order chi connectivity index (χ1) is 9.72. The zero-order chi connectivity index (χ0) is 15.1. The van der Waals surface area contributed by atoms with Gasteiger partial charge in [0.05, 0.1) is 0 Å². The highest BCUT2D eigenvalue weighted by Gasteiger charge is 2.07. The largest absolute Gasteiger partial charge is 0.330 e. The summed E-state index contributed by atoms with van der Waals surface area (Å²) in [5, 5.41) is 0. The molecule has 0 aromatic carbocycles. The average Bonchev–Trinajstić information content (AvgIpc) is 2.43. The van der Waals surface area contributed by atoms with Crippen molar-refractivity contribution in [1.82, 2.24) is 4.90 Å². The van der Waals surface area contributed by atoms with Gasteiger partial charge in [0.25, 0.3) is 0 Å². The van der Waals surface area contributed by atoms with Gasteiger partial charge in [-0.2, -0.15) is 0 Å². The molecule has 0 aliphatic rings. The monoisotopic (exact) mass is 284 g/mol.